The zero-order valence-corrected chi connectivity index (χ0v) is 11.9. The lowest BCUT2D eigenvalue weighted by molar-refractivity contribution is -0.114. The highest BCUT2D eigenvalue weighted by Gasteiger charge is 2.28. The molecule has 1 aliphatic heterocycles. The molecule has 3 rings (SSSR count). The molecule has 1 aromatic carbocycles. The molecular weight excluding hydrogens is 264 g/mol. The second-order valence-electron chi connectivity index (χ2n) is 4.96. The number of hydrogen-bond acceptors (Lipinski definition) is 4. The Bertz CT molecular complexity index is 728. The summed E-state index contributed by atoms with van der Waals surface area (Å²) in [6, 6.07) is 9.74. The largest absolute Gasteiger partial charge is 0.328 e. The summed E-state index contributed by atoms with van der Waals surface area (Å²) < 4.78 is 1.73. The summed E-state index contributed by atoms with van der Waals surface area (Å²) in [4.78, 5) is 16.1. The lowest BCUT2D eigenvalue weighted by atomic mass is 9.98. The Morgan fingerprint density at radius 3 is 2.81 bits per heavy atom. The van der Waals surface area contributed by atoms with Gasteiger partial charge in [-0.15, -0.1) is 0 Å². The quantitative estimate of drug-likeness (QED) is 0.939. The van der Waals surface area contributed by atoms with Crippen molar-refractivity contribution in [3.05, 3.63) is 59.6 Å². The maximum absolute atomic E-state index is 12.0. The third-order valence-corrected chi connectivity index (χ3v) is 3.49. The average molecular weight is 280 g/mol. The highest BCUT2D eigenvalue weighted by atomic mass is 16.1. The zero-order valence-electron chi connectivity index (χ0n) is 11.9. The summed E-state index contributed by atoms with van der Waals surface area (Å²) in [5, 5.41) is 7.34. The molecule has 1 aliphatic rings. The summed E-state index contributed by atoms with van der Waals surface area (Å²) in [5.74, 6) is 0.684. The van der Waals surface area contributed by atoms with Gasteiger partial charge in [0.25, 0.3) is 0 Å². The van der Waals surface area contributed by atoms with Crippen LogP contribution in [0.5, 0.6) is 0 Å². The summed E-state index contributed by atoms with van der Waals surface area (Å²) in [5.41, 5.74) is 2.61. The van der Waals surface area contributed by atoms with Crippen LogP contribution in [0.15, 0.2) is 54.0 Å². The van der Waals surface area contributed by atoms with Crippen LogP contribution in [0.1, 0.15) is 25.5 Å². The lowest BCUT2D eigenvalue weighted by Gasteiger charge is -2.25. The minimum atomic E-state index is -0.235. The van der Waals surface area contributed by atoms with Crippen LogP contribution in [0.2, 0.25) is 0 Å². The van der Waals surface area contributed by atoms with Crippen LogP contribution < -0.4 is 5.32 Å². The number of nitrogens with one attached hydrogen (secondary N) is 1. The molecule has 0 bridgehead atoms. The Labute approximate surface area is 123 Å². The third kappa shape index (κ3) is 2.50. The highest BCUT2D eigenvalue weighted by Crippen LogP contribution is 2.31. The molecule has 1 atom stereocenters. The first-order valence-electron chi connectivity index (χ1n) is 6.78. The van der Waals surface area contributed by atoms with Crippen molar-refractivity contribution in [2.24, 2.45) is 0 Å². The molecule has 0 aliphatic carbocycles. The molecule has 0 radical (unpaired) electrons. The Morgan fingerprint density at radius 2 is 2.10 bits per heavy atom. The molecular formula is C16H16N4O. The zero-order chi connectivity index (χ0) is 14.8. The predicted octanol–water partition coefficient (Wildman–Crippen LogP) is 2.82. The maximum atomic E-state index is 12.0. The van der Waals surface area contributed by atoms with E-state index in [0.717, 1.165) is 11.3 Å². The molecule has 2 aromatic rings. The average Bonchev–Trinajstić information content (AvgIpc) is 2.93. The van der Waals surface area contributed by atoms with E-state index in [-0.39, 0.29) is 11.8 Å². The number of hydrogen-bond donors (Lipinski definition) is 1. The fourth-order valence-electron chi connectivity index (χ4n) is 2.54. The van der Waals surface area contributed by atoms with Crippen molar-refractivity contribution in [1.29, 1.82) is 0 Å². The molecule has 5 nitrogen and oxygen atoms in total. The molecule has 21 heavy (non-hydrogen) atoms. The van der Waals surface area contributed by atoms with Gasteiger partial charge in [0.15, 0.2) is 5.78 Å². The van der Waals surface area contributed by atoms with Crippen molar-refractivity contribution in [3.8, 4) is 0 Å². The smallest absolute Gasteiger partial charge is 0.226 e. The number of carbonyl (C=O) groups is 1. The van der Waals surface area contributed by atoms with E-state index in [1.165, 1.54) is 6.33 Å². The summed E-state index contributed by atoms with van der Waals surface area (Å²) in [6.07, 6.45) is 5.47. The fourth-order valence-corrected chi connectivity index (χ4v) is 2.54. The Kier molecular flexibility index (Phi) is 3.39. The van der Waals surface area contributed by atoms with Crippen molar-refractivity contribution < 1.29 is 4.79 Å². The molecule has 1 N–H and O–H groups in total. The van der Waals surface area contributed by atoms with Crippen LogP contribution >= 0.6 is 0 Å². The highest BCUT2D eigenvalue weighted by molar-refractivity contribution is 5.96. The van der Waals surface area contributed by atoms with Gasteiger partial charge < -0.3 is 5.32 Å². The van der Waals surface area contributed by atoms with Gasteiger partial charge in [0, 0.05) is 11.3 Å². The van der Waals surface area contributed by atoms with E-state index < -0.39 is 0 Å². The monoisotopic (exact) mass is 280 g/mol. The first-order chi connectivity index (χ1) is 10.2. The van der Waals surface area contributed by atoms with Crippen LogP contribution in [0.4, 0.5) is 5.95 Å². The lowest BCUT2D eigenvalue weighted by Crippen LogP contribution is -2.25. The minimum absolute atomic E-state index is 0.0314. The van der Waals surface area contributed by atoms with E-state index in [2.05, 4.69) is 15.4 Å². The van der Waals surface area contributed by atoms with Gasteiger partial charge in [-0.1, -0.05) is 42.5 Å². The molecule has 0 amide bonds. The van der Waals surface area contributed by atoms with Crippen molar-refractivity contribution in [1.82, 2.24) is 14.8 Å². The number of ketones is 1. The van der Waals surface area contributed by atoms with E-state index in [9.17, 15) is 4.79 Å². The van der Waals surface area contributed by atoms with Crippen molar-refractivity contribution in [3.63, 3.8) is 0 Å². The SMILES string of the molecule is CC(=O)C1=C(C)Nc2ncnn2[C@@H]1/C=C/c1ccccc1. The minimum Gasteiger partial charge on any atom is -0.328 e. The molecule has 2 heterocycles. The Hall–Kier alpha value is -2.69. The number of carbonyl (C=O) groups excluding carboxylic acids is 1. The Balaban J connectivity index is 2.02. The van der Waals surface area contributed by atoms with E-state index in [0.29, 0.717) is 11.5 Å². The van der Waals surface area contributed by atoms with Crippen LogP contribution in [-0.2, 0) is 4.79 Å². The predicted molar refractivity (Wildman–Crippen MR) is 81.5 cm³/mol. The summed E-state index contributed by atoms with van der Waals surface area (Å²) in [7, 11) is 0. The number of nitrogens with zero attached hydrogens (tertiary/aromatic N) is 3. The van der Waals surface area contributed by atoms with E-state index >= 15 is 0 Å². The first kappa shape index (κ1) is 13.3. The molecule has 0 saturated carbocycles. The molecule has 1 aromatic heterocycles. The van der Waals surface area contributed by atoms with Gasteiger partial charge in [-0.25, -0.2) is 4.68 Å². The van der Waals surface area contributed by atoms with Crippen LogP contribution in [0.3, 0.4) is 0 Å². The van der Waals surface area contributed by atoms with Gasteiger partial charge in [-0.05, 0) is 19.4 Å². The van der Waals surface area contributed by atoms with E-state index in [1.807, 2.05) is 49.4 Å². The number of anilines is 1. The first-order valence-corrected chi connectivity index (χ1v) is 6.78. The van der Waals surface area contributed by atoms with Crippen molar-refractivity contribution >= 4 is 17.8 Å². The number of fused-ring (bicyclic) bond motifs is 1. The van der Waals surface area contributed by atoms with Crippen molar-refractivity contribution in [2.45, 2.75) is 19.9 Å². The second kappa shape index (κ2) is 5.36. The Morgan fingerprint density at radius 1 is 1.33 bits per heavy atom. The molecule has 5 heteroatoms. The third-order valence-electron chi connectivity index (χ3n) is 3.49. The molecule has 0 fully saturated rings. The van der Waals surface area contributed by atoms with Gasteiger partial charge in [0.05, 0.1) is 0 Å². The fraction of sp³-hybridized carbons (Fsp3) is 0.188. The van der Waals surface area contributed by atoms with E-state index in [4.69, 9.17) is 0 Å². The number of benzene rings is 1. The van der Waals surface area contributed by atoms with Crippen LogP contribution in [0, 0.1) is 0 Å². The number of Topliss-reactive ketones (excluding diaryl/α,β-unsaturated/α-hetero) is 1. The number of rotatable bonds is 3. The molecule has 0 unspecified atom stereocenters. The molecule has 0 saturated heterocycles. The van der Waals surface area contributed by atoms with Crippen LogP contribution in [-0.4, -0.2) is 20.5 Å². The van der Waals surface area contributed by atoms with Gasteiger partial charge in [-0.2, -0.15) is 10.1 Å². The summed E-state index contributed by atoms with van der Waals surface area (Å²) >= 11 is 0. The van der Waals surface area contributed by atoms with Crippen LogP contribution in [0.25, 0.3) is 6.08 Å². The van der Waals surface area contributed by atoms with Gasteiger partial charge in [-0.3, -0.25) is 4.79 Å². The number of allylic oxidation sites excluding steroid dienone is 3. The standard InChI is InChI=1S/C16H16N4O/c1-11-15(12(2)21)14(20-16(19-11)17-10-18-20)9-8-13-6-4-3-5-7-13/h3-10,14H,1-2H3,(H,17,18,19)/b9-8+/t14-/m1/s1. The molecule has 0 spiro atoms. The normalized spacial score (nSPS) is 17.7. The van der Waals surface area contributed by atoms with Gasteiger partial charge in [0.1, 0.15) is 12.4 Å². The second-order valence-corrected chi connectivity index (χ2v) is 4.96. The number of aromatic nitrogens is 3. The van der Waals surface area contributed by atoms with Gasteiger partial charge >= 0.3 is 0 Å². The summed E-state index contributed by atoms with van der Waals surface area (Å²) in [6.45, 7) is 3.46. The maximum Gasteiger partial charge on any atom is 0.226 e. The topological polar surface area (TPSA) is 59.8 Å². The van der Waals surface area contributed by atoms with Gasteiger partial charge in [0.2, 0.25) is 5.95 Å². The van der Waals surface area contributed by atoms with E-state index in [1.54, 1.807) is 11.6 Å². The van der Waals surface area contributed by atoms with Crippen molar-refractivity contribution in [2.75, 3.05) is 5.32 Å². The molecule has 106 valence electrons.